The van der Waals surface area contributed by atoms with Crippen LogP contribution >= 0.6 is 0 Å². The zero-order valence-electron chi connectivity index (χ0n) is 12.6. The summed E-state index contributed by atoms with van der Waals surface area (Å²) in [6.45, 7) is -0.104. The fourth-order valence-corrected chi connectivity index (χ4v) is 2.50. The van der Waals surface area contributed by atoms with Crippen molar-refractivity contribution in [2.75, 3.05) is 13.4 Å². The maximum atomic E-state index is 13.5. The van der Waals surface area contributed by atoms with Gasteiger partial charge in [0.2, 0.25) is 0 Å². The van der Waals surface area contributed by atoms with E-state index in [9.17, 15) is 17.6 Å². The third-order valence-corrected chi connectivity index (χ3v) is 4.23. The summed E-state index contributed by atoms with van der Waals surface area (Å²) in [6, 6.07) is 9.65. The fourth-order valence-electron chi connectivity index (χ4n) is 1.87. The number of carbonyl (C=O) groups is 1. The van der Waals surface area contributed by atoms with Crippen LogP contribution in [0.3, 0.4) is 0 Å². The number of ether oxygens (including phenoxy) is 2. The predicted octanol–water partition coefficient (Wildman–Crippen LogP) is 2.59. The van der Waals surface area contributed by atoms with Crippen LogP contribution in [0.5, 0.6) is 5.75 Å². The maximum Gasteiger partial charge on any atom is 0.338 e. The van der Waals surface area contributed by atoms with Gasteiger partial charge in [-0.1, -0.05) is 6.07 Å². The first-order valence-corrected chi connectivity index (χ1v) is 8.50. The normalized spacial score (nSPS) is 11.1. The summed E-state index contributed by atoms with van der Waals surface area (Å²) >= 11 is 0. The molecule has 0 atom stereocenters. The number of methoxy groups -OCH3 is 1. The van der Waals surface area contributed by atoms with Gasteiger partial charge >= 0.3 is 5.97 Å². The summed E-state index contributed by atoms with van der Waals surface area (Å²) in [7, 11) is -1.96. The second kappa shape index (κ2) is 6.78. The Morgan fingerprint density at radius 2 is 1.78 bits per heavy atom. The quantitative estimate of drug-likeness (QED) is 0.784. The standard InChI is InChI=1S/C16H15FO5S/c1-21-15-8-3-11(9-14(15)17)10-22-16(18)12-4-6-13(7-5-12)23(2,19)20/h3-9H,10H2,1-2H3. The monoisotopic (exact) mass is 338 g/mol. The van der Waals surface area contributed by atoms with E-state index < -0.39 is 21.6 Å². The van der Waals surface area contributed by atoms with Crippen molar-refractivity contribution in [2.24, 2.45) is 0 Å². The molecule has 0 aliphatic carbocycles. The smallest absolute Gasteiger partial charge is 0.338 e. The Hall–Kier alpha value is -2.41. The molecule has 0 amide bonds. The van der Waals surface area contributed by atoms with Gasteiger partial charge in [0.05, 0.1) is 17.6 Å². The van der Waals surface area contributed by atoms with Crippen LogP contribution in [0.1, 0.15) is 15.9 Å². The number of halogens is 1. The lowest BCUT2D eigenvalue weighted by Crippen LogP contribution is -2.06. The maximum absolute atomic E-state index is 13.5. The molecule has 0 aliphatic rings. The SMILES string of the molecule is COc1ccc(COC(=O)c2ccc(S(C)(=O)=O)cc2)cc1F. The van der Waals surface area contributed by atoms with E-state index in [1.54, 1.807) is 6.07 Å². The lowest BCUT2D eigenvalue weighted by Gasteiger charge is -2.07. The van der Waals surface area contributed by atoms with Crippen molar-refractivity contribution in [1.82, 2.24) is 0 Å². The van der Waals surface area contributed by atoms with Crippen molar-refractivity contribution < 1.29 is 27.1 Å². The number of hydrogen-bond donors (Lipinski definition) is 0. The van der Waals surface area contributed by atoms with Crippen molar-refractivity contribution in [3.63, 3.8) is 0 Å². The van der Waals surface area contributed by atoms with Crippen LogP contribution in [0, 0.1) is 5.82 Å². The van der Waals surface area contributed by atoms with Gasteiger partial charge in [0.1, 0.15) is 6.61 Å². The van der Waals surface area contributed by atoms with Crippen molar-refractivity contribution in [1.29, 1.82) is 0 Å². The zero-order chi connectivity index (χ0) is 17.0. The van der Waals surface area contributed by atoms with E-state index in [4.69, 9.17) is 9.47 Å². The first-order valence-electron chi connectivity index (χ1n) is 6.61. The molecule has 23 heavy (non-hydrogen) atoms. The van der Waals surface area contributed by atoms with Gasteiger partial charge in [0.25, 0.3) is 0 Å². The molecule has 7 heteroatoms. The molecule has 0 spiro atoms. The molecule has 2 rings (SSSR count). The minimum atomic E-state index is -3.32. The highest BCUT2D eigenvalue weighted by Gasteiger charge is 2.11. The Bertz CT molecular complexity index is 813. The predicted molar refractivity (Wildman–Crippen MR) is 81.6 cm³/mol. The van der Waals surface area contributed by atoms with Gasteiger partial charge in [-0.15, -0.1) is 0 Å². The molecular formula is C16H15FO5S. The van der Waals surface area contributed by atoms with Crippen LogP contribution in [0.15, 0.2) is 47.4 Å². The topological polar surface area (TPSA) is 69.7 Å². The van der Waals surface area contributed by atoms with Crippen LogP contribution in [-0.2, 0) is 21.2 Å². The van der Waals surface area contributed by atoms with Gasteiger partial charge in [-0.05, 0) is 42.0 Å². The fraction of sp³-hybridized carbons (Fsp3) is 0.188. The first-order chi connectivity index (χ1) is 10.8. The average Bonchev–Trinajstić information content (AvgIpc) is 2.52. The third kappa shape index (κ3) is 4.29. The van der Waals surface area contributed by atoms with Crippen LogP contribution < -0.4 is 4.74 Å². The highest BCUT2D eigenvalue weighted by Crippen LogP contribution is 2.18. The molecule has 122 valence electrons. The van der Waals surface area contributed by atoms with Crippen LogP contribution in [0.25, 0.3) is 0 Å². The second-order valence-corrected chi connectivity index (χ2v) is 6.86. The third-order valence-electron chi connectivity index (χ3n) is 3.10. The first kappa shape index (κ1) is 17.0. The van der Waals surface area contributed by atoms with E-state index in [0.717, 1.165) is 6.26 Å². The second-order valence-electron chi connectivity index (χ2n) is 4.84. The molecule has 0 radical (unpaired) electrons. The molecule has 0 saturated carbocycles. The summed E-state index contributed by atoms with van der Waals surface area (Å²) in [5.41, 5.74) is 0.691. The summed E-state index contributed by atoms with van der Waals surface area (Å²) in [5.74, 6) is -1.06. The Morgan fingerprint density at radius 1 is 1.13 bits per heavy atom. The van der Waals surface area contributed by atoms with Crippen molar-refractivity contribution in [3.8, 4) is 5.75 Å². The lowest BCUT2D eigenvalue weighted by atomic mass is 10.2. The van der Waals surface area contributed by atoms with Crippen molar-refractivity contribution in [3.05, 3.63) is 59.4 Å². The number of benzene rings is 2. The van der Waals surface area contributed by atoms with E-state index in [2.05, 4.69) is 0 Å². The largest absolute Gasteiger partial charge is 0.494 e. The van der Waals surface area contributed by atoms with E-state index in [1.807, 2.05) is 0 Å². The van der Waals surface area contributed by atoms with Gasteiger partial charge in [-0.3, -0.25) is 0 Å². The van der Waals surface area contributed by atoms with E-state index in [-0.39, 0.29) is 22.8 Å². The van der Waals surface area contributed by atoms with Crippen molar-refractivity contribution in [2.45, 2.75) is 11.5 Å². The molecule has 0 N–H and O–H groups in total. The molecule has 0 aliphatic heterocycles. The zero-order valence-corrected chi connectivity index (χ0v) is 13.4. The molecule has 0 aromatic heterocycles. The Kier molecular flexibility index (Phi) is 5.00. The number of carbonyl (C=O) groups excluding carboxylic acids is 1. The molecule has 0 heterocycles. The van der Waals surface area contributed by atoms with E-state index >= 15 is 0 Å². The number of sulfone groups is 1. The number of hydrogen-bond acceptors (Lipinski definition) is 5. The Balaban J connectivity index is 2.03. The highest BCUT2D eigenvalue weighted by molar-refractivity contribution is 7.90. The van der Waals surface area contributed by atoms with Gasteiger partial charge in [0, 0.05) is 6.26 Å². The molecule has 5 nitrogen and oxygen atoms in total. The van der Waals surface area contributed by atoms with E-state index in [0.29, 0.717) is 5.56 Å². The highest BCUT2D eigenvalue weighted by atomic mass is 32.2. The van der Waals surface area contributed by atoms with Crippen LogP contribution in [0.4, 0.5) is 4.39 Å². The number of rotatable bonds is 5. The minimum absolute atomic E-state index is 0.104. The van der Waals surface area contributed by atoms with Gasteiger partial charge in [-0.2, -0.15) is 0 Å². The summed E-state index contributed by atoms with van der Waals surface area (Å²) in [5, 5.41) is 0. The van der Waals surface area contributed by atoms with Gasteiger partial charge in [0.15, 0.2) is 21.4 Å². The minimum Gasteiger partial charge on any atom is -0.494 e. The van der Waals surface area contributed by atoms with Gasteiger partial charge in [-0.25, -0.2) is 17.6 Å². The average molecular weight is 338 g/mol. The summed E-state index contributed by atoms with van der Waals surface area (Å²) in [6.07, 6.45) is 1.08. The van der Waals surface area contributed by atoms with Gasteiger partial charge < -0.3 is 9.47 Å². The molecule has 0 bridgehead atoms. The van der Waals surface area contributed by atoms with Crippen molar-refractivity contribution >= 4 is 15.8 Å². The summed E-state index contributed by atoms with van der Waals surface area (Å²) < 4.78 is 46.1. The molecule has 0 fully saturated rings. The number of esters is 1. The lowest BCUT2D eigenvalue weighted by molar-refractivity contribution is 0.0472. The summed E-state index contributed by atoms with van der Waals surface area (Å²) in [4.78, 5) is 12.0. The van der Waals surface area contributed by atoms with Crippen LogP contribution in [0.2, 0.25) is 0 Å². The molecule has 2 aromatic carbocycles. The Morgan fingerprint density at radius 3 is 2.30 bits per heavy atom. The molecule has 2 aromatic rings. The molecular weight excluding hydrogens is 323 g/mol. The Labute approximate surface area is 133 Å². The van der Waals surface area contributed by atoms with Crippen LogP contribution in [-0.4, -0.2) is 27.8 Å². The molecule has 0 saturated heterocycles. The van der Waals surface area contributed by atoms with E-state index in [1.165, 1.54) is 43.5 Å². The molecule has 0 unspecified atom stereocenters.